The minimum atomic E-state index is -0.348. The van der Waals surface area contributed by atoms with Crippen LogP contribution in [-0.2, 0) is 0 Å². The standard InChI is InChI=1S/C23H20FN7/c24-19-15(14-5-4-9-25-13-14)6-7-16-18(19)21(30-29-16)23-27-20-17(8-10-26-22(20)28-23)31-11-2-1-3-12-31/h4-10,13H,1-3,11-12H2,(H,29,30)(H,26,27,28). The van der Waals surface area contributed by atoms with E-state index in [1.807, 2.05) is 18.2 Å². The van der Waals surface area contributed by atoms with Gasteiger partial charge in [-0.3, -0.25) is 10.1 Å². The fourth-order valence-corrected chi connectivity index (χ4v) is 4.40. The summed E-state index contributed by atoms with van der Waals surface area (Å²) >= 11 is 0. The SMILES string of the molecule is Fc1c(-c2cccnc2)ccc2[nH]nc(-c3nc4nccc(N5CCCCC5)c4[nH]3)c12. The number of anilines is 1. The van der Waals surface area contributed by atoms with Crippen LogP contribution >= 0.6 is 0 Å². The quantitative estimate of drug-likeness (QED) is 0.448. The highest BCUT2D eigenvalue weighted by Crippen LogP contribution is 2.35. The van der Waals surface area contributed by atoms with Crippen LogP contribution in [0, 0.1) is 5.82 Å². The number of aromatic nitrogens is 6. The molecular weight excluding hydrogens is 393 g/mol. The van der Waals surface area contributed by atoms with Crippen LogP contribution < -0.4 is 4.90 Å². The Morgan fingerprint density at radius 2 is 1.90 bits per heavy atom. The monoisotopic (exact) mass is 413 g/mol. The van der Waals surface area contributed by atoms with Crippen molar-refractivity contribution in [2.75, 3.05) is 18.0 Å². The van der Waals surface area contributed by atoms with Crippen molar-refractivity contribution in [1.29, 1.82) is 0 Å². The molecule has 0 radical (unpaired) electrons. The van der Waals surface area contributed by atoms with E-state index in [4.69, 9.17) is 0 Å². The van der Waals surface area contributed by atoms with Crippen LogP contribution in [0.4, 0.5) is 10.1 Å². The fourth-order valence-electron chi connectivity index (χ4n) is 4.40. The summed E-state index contributed by atoms with van der Waals surface area (Å²) in [5.74, 6) is 0.152. The van der Waals surface area contributed by atoms with Crippen molar-refractivity contribution in [2.24, 2.45) is 0 Å². The minimum Gasteiger partial charge on any atom is -0.370 e. The van der Waals surface area contributed by atoms with Gasteiger partial charge < -0.3 is 9.88 Å². The second-order valence-corrected chi connectivity index (χ2v) is 7.83. The topological polar surface area (TPSA) is 86.4 Å². The maximum atomic E-state index is 15.6. The van der Waals surface area contributed by atoms with Gasteiger partial charge in [0.05, 0.1) is 16.6 Å². The highest BCUT2D eigenvalue weighted by Gasteiger charge is 2.21. The first-order valence-corrected chi connectivity index (χ1v) is 10.5. The number of halogens is 1. The lowest BCUT2D eigenvalue weighted by atomic mass is 10.0. The number of rotatable bonds is 3. The van der Waals surface area contributed by atoms with Crippen molar-refractivity contribution in [2.45, 2.75) is 19.3 Å². The Hall–Kier alpha value is -3.81. The Morgan fingerprint density at radius 1 is 1.00 bits per heavy atom. The average molecular weight is 413 g/mol. The maximum Gasteiger partial charge on any atom is 0.180 e. The van der Waals surface area contributed by atoms with Gasteiger partial charge in [-0.1, -0.05) is 6.07 Å². The van der Waals surface area contributed by atoms with Crippen LogP contribution in [0.1, 0.15) is 19.3 Å². The van der Waals surface area contributed by atoms with Crippen molar-refractivity contribution in [3.63, 3.8) is 0 Å². The summed E-state index contributed by atoms with van der Waals surface area (Å²) in [5.41, 5.74) is 4.81. The predicted molar refractivity (Wildman–Crippen MR) is 118 cm³/mol. The molecule has 2 N–H and O–H groups in total. The molecule has 1 aliphatic heterocycles. The number of piperidine rings is 1. The summed E-state index contributed by atoms with van der Waals surface area (Å²) in [7, 11) is 0. The van der Waals surface area contributed by atoms with Gasteiger partial charge in [0.15, 0.2) is 11.5 Å². The van der Waals surface area contributed by atoms with Gasteiger partial charge in [0.2, 0.25) is 0 Å². The van der Waals surface area contributed by atoms with Crippen LogP contribution in [0.25, 0.3) is 44.7 Å². The summed E-state index contributed by atoms with van der Waals surface area (Å²) in [6, 6.07) is 9.22. The molecule has 0 amide bonds. The Labute approximate surface area is 177 Å². The van der Waals surface area contributed by atoms with Crippen LogP contribution in [0.15, 0.2) is 48.9 Å². The third-order valence-corrected chi connectivity index (χ3v) is 5.93. The van der Waals surface area contributed by atoms with E-state index >= 15 is 4.39 Å². The molecule has 0 spiro atoms. The molecule has 8 heteroatoms. The van der Waals surface area contributed by atoms with Crippen molar-refractivity contribution in [3.05, 3.63) is 54.7 Å². The molecule has 7 nitrogen and oxygen atoms in total. The Bertz CT molecular complexity index is 1380. The second-order valence-electron chi connectivity index (χ2n) is 7.83. The lowest BCUT2D eigenvalue weighted by Crippen LogP contribution is -2.29. The summed E-state index contributed by atoms with van der Waals surface area (Å²) in [5, 5.41) is 7.72. The summed E-state index contributed by atoms with van der Waals surface area (Å²) in [6.45, 7) is 2.03. The van der Waals surface area contributed by atoms with Gasteiger partial charge >= 0.3 is 0 Å². The third-order valence-electron chi connectivity index (χ3n) is 5.93. The highest BCUT2D eigenvalue weighted by atomic mass is 19.1. The Morgan fingerprint density at radius 3 is 2.74 bits per heavy atom. The number of H-pyrrole nitrogens is 2. The number of nitrogens with zero attached hydrogens (tertiary/aromatic N) is 5. The molecule has 5 aromatic rings. The molecule has 1 saturated heterocycles. The molecule has 0 atom stereocenters. The van der Waals surface area contributed by atoms with E-state index in [2.05, 4.69) is 35.0 Å². The molecule has 154 valence electrons. The van der Waals surface area contributed by atoms with Crippen LogP contribution in [0.2, 0.25) is 0 Å². The van der Waals surface area contributed by atoms with Gasteiger partial charge in [0.25, 0.3) is 0 Å². The van der Waals surface area contributed by atoms with Crippen LogP contribution in [0.3, 0.4) is 0 Å². The number of benzene rings is 1. The zero-order valence-electron chi connectivity index (χ0n) is 16.8. The smallest absolute Gasteiger partial charge is 0.180 e. The highest BCUT2D eigenvalue weighted by molar-refractivity contribution is 5.97. The number of fused-ring (bicyclic) bond motifs is 2. The number of imidazole rings is 1. The van der Waals surface area contributed by atoms with Crippen molar-refractivity contribution >= 4 is 27.8 Å². The lowest BCUT2D eigenvalue weighted by Gasteiger charge is -2.28. The molecule has 1 aromatic carbocycles. The van der Waals surface area contributed by atoms with Crippen molar-refractivity contribution in [3.8, 4) is 22.6 Å². The van der Waals surface area contributed by atoms with Gasteiger partial charge in [-0.05, 0) is 43.5 Å². The van der Waals surface area contributed by atoms with Crippen LogP contribution in [-0.4, -0.2) is 43.2 Å². The molecule has 1 fully saturated rings. The second kappa shape index (κ2) is 7.16. The van der Waals surface area contributed by atoms with E-state index in [0.717, 1.165) is 24.3 Å². The number of pyridine rings is 2. The van der Waals surface area contributed by atoms with Gasteiger partial charge in [-0.15, -0.1) is 0 Å². The molecule has 0 bridgehead atoms. The van der Waals surface area contributed by atoms with E-state index in [1.54, 1.807) is 30.7 Å². The number of hydrogen-bond donors (Lipinski definition) is 2. The van der Waals surface area contributed by atoms with Gasteiger partial charge in [-0.25, -0.2) is 14.4 Å². The molecule has 5 heterocycles. The van der Waals surface area contributed by atoms with E-state index < -0.39 is 0 Å². The first kappa shape index (κ1) is 18.0. The molecule has 6 rings (SSSR count). The molecule has 4 aromatic heterocycles. The first-order valence-electron chi connectivity index (χ1n) is 10.5. The van der Waals surface area contributed by atoms with E-state index in [1.165, 1.54) is 19.3 Å². The average Bonchev–Trinajstić information content (AvgIpc) is 3.45. The zero-order chi connectivity index (χ0) is 20.8. The van der Waals surface area contributed by atoms with Crippen molar-refractivity contribution in [1.82, 2.24) is 30.1 Å². The fraction of sp³-hybridized carbons (Fsp3) is 0.217. The minimum absolute atomic E-state index is 0.348. The first-order chi connectivity index (χ1) is 15.3. The van der Waals surface area contributed by atoms with Gasteiger partial charge in [0.1, 0.15) is 17.0 Å². The third kappa shape index (κ3) is 2.94. The molecule has 1 aliphatic rings. The zero-order valence-corrected chi connectivity index (χ0v) is 16.8. The van der Waals surface area contributed by atoms with E-state index in [0.29, 0.717) is 39.2 Å². The molecule has 0 unspecified atom stereocenters. The maximum absolute atomic E-state index is 15.6. The Balaban J connectivity index is 1.51. The molecule has 0 saturated carbocycles. The number of aromatic amines is 2. The summed E-state index contributed by atoms with van der Waals surface area (Å²) in [6.07, 6.45) is 8.72. The Kier molecular flexibility index (Phi) is 4.15. The van der Waals surface area contributed by atoms with E-state index in [9.17, 15) is 0 Å². The summed E-state index contributed by atoms with van der Waals surface area (Å²) < 4.78 is 15.6. The number of hydrogen-bond acceptors (Lipinski definition) is 5. The van der Waals surface area contributed by atoms with Crippen molar-refractivity contribution < 1.29 is 4.39 Å². The van der Waals surface area contributed by atoms with E-state index in [-0.39, 0.29) is 5.82 Å². The molecule has 0 aliphatic carbocycles. The molecule has 31 heavy (non-hydrogen) atoms. The normalized spacial score (nSPS) is 14.5. The number of nitrogens with one attached hydrogen (secondary N) is 2. The largest absolute Gasteiger partial charge is 0.370 e. The van der Waals surface area contributed by atoms with Gasteiger partial charge in [-0.2, -0.15) is 5.10 Å². The summed E-state index contributed by atoms with van der Waals surface area (Å²) in [4.78, 5) is 18.9. The van der Waals surface area contributed by atoms with Gasteiger partial charge in [0, 0.05) is 42.8 Å². The lowest BCUT2D eigenvalue weighted by molar-refractivity contribution is 0.578. The molecular formula is C23H20FN7. The van der Waals surface area contributed by atoms with Crippen LogP contribution in [0.5, 0.6) is 0 Å². The predicted octanol–water partition coefficient (Wildman–Crippen LogP) is 4.69.